The van der Waals surface area contributed by atoms with Gasteiger partial charge in [0.05, 0.1) is 19.3 Å². The van der Waals surface area contributed by atoms with Gasteiger partial charge in [-0.2, -0.15) is 13.2 Å². The van der Waals surface area contributed by atoms with E-state index in [9.17, 15) is 13.2 Å². The van der Waals surface area contributed by atoms with E-state index >= 15 is 0 Å². The van der Waals surface area contributed by atoms with Crippen LogP contribution in [0.3, 0.4) is 0 Å². The number of halogens is 4. The molecule has 1 atom stereocenters. The van der Waals surface area contributed by atoms with E-state index in [1.165, 1.54) is 0 Å². The Morgan fingerprint density at radius 1 is 1.44 bits per heavy atom. The van der Waals surface area contributed by atoms with Gasteiger partial charge in [0.15, 0.2) is 11.7 Å². The van der Waals surface area contributed by atoms with Crippen molar-refractivity contribution in [1.29, 1.82) is 0 Å². The predicted octanol–water partition coefficient (Wildman–Crippen LogP) is 3.42. The zero-order valence-electron chi connectivity index (χ0n) is 15.2. The molecular weight excluding hydrogens is 496 g/mol. The Morgan fingerprint density at radius 3 is 2.89 bits per heavy atom. The van der Waals surface area contributed by atoms with Gasteiger partial charge in [0, 0.05) is 31.7 Å². The number of rotatable bonds is 9. The fourth-order valence-corrected chi connectivity index (χ4v) is 3.10. The summed E-state index contributed by atoms with van der Waals surface area (Å²) >= 11 is 0.958. The van der Waals surface area contributed by atoms with Crippen molar-refractivity contribution in [1.82, 2.24) is 15.6 Å². The molecule has 2 rings (SSSR count). The molecule has 6 nitrogen and oxygen atoms in total. The second-order valence-corrected chi connectivity index (χ2v) is 6.75. The third-order valence-electron chi connectivity index (χ3n) is 3.64. The Balaban J connectivity index is 0.00000364. The second kappa shape index (κ2) is 12.7. The molecular formula is C16H26F3IN4O2S. The molecule has 2 N–H and O–H groups in total. The summed E-state index contributed by atoms with van der Waals surface area (Å²) in [6.45, 7) is 5.41. The SMILES string of the molecule is CCNC(=NCc1nc(C(F)(F)F)cs1)NCCCOCC1CCCO1.I. The van der Waals surface area contributed by atoms with Crippen molar-refractivity contribution in [2.24, 2.45) is 4.99 Å². The molecule has 156 valence electrons. The molecule has 1 aromatic heterocycles. The van der Waals surface area contributed by atoms with E-state index in [2.05, 4.69) is 20.6 Å². The molecule has 0 saturated carbocycles. The number of guanidine groups is 1. The van der Waals surface area contributed by atoms with Gasteiger partial charge in [0.2, 0.25) is 0 Å². The highest BCUT2D eigenvalue weighted by atomic mass is 127. The summed E-state index contributed by atoms with van der Waals surface area (Å²) in [4.78, 5) is 7.85. The smallest absolute Gasteiger partial charge is 0.379 e. The number of aromatic nitrogens is 1. The van der Waals surface area contributed by atoms with Gasteiger partial charge in [-0.3, -0.25) is 0 Å². The van der Waals surface area contributed by atoms with Gasteiger partial charge in [0.1, 0.15) is 5.01 Å². The first-order valence-electron chi connectivity index (χ1n) is 8.72. The normalized spacial score (nSPS) is 17.6. The van der Waals surface area contributed by atoms with E-state index in [-0.39, 0.29) is 36.6 Å². The molecule has 1 fully saturated rings. The molecule has 1 unspecified atom stereocenters. The van der Waals surface area contributed by atoms with Crippen LogP contribution in [0.25, 0.3) is 0 Å². The highest BCUT2D eigenvalue weighted by Crippen LogP contribution is 2.30. The number of nitrogens with zero attached hydrogens (tertiary/aromatic N) is 2. The average molecular weight is 522 g/mol. The van der Waals surface area contributed by atoms with Crippen LogP contribution in [-0.2, 0) is 22.2 Å². The maximum Gasteiger partial charge on any atom is 0.434 e. The zero-order chi connectivity index (χ0) is 18.8. The van der Waals surface area contributed by atoms with E-state index < -0.39 is 11.9 Å². The molecule has 1 saturated heterocycles. The number of hydrogen-bond donors (Lipinski definition) is 2. The van der Waals surface area contributed by atoms with Crippen LogP contribution in [0.5, 0.6) is 0 Å². The first kappa shape index (κ1) is 24.4. The fourth-order valence-electron chi connectivity index (χ4n) is 2.37. The maximum atomic E-state index is 12.6. The average Bonchev–Trinajstić information content (AvgIpc) is 3.26. The second-order valence-electron chi connectivity index (χ2n) is 5.81. The first-order valence-corrected chi connectivity index (χ1v) is 9.60. The van der Waals surface area contributed by atoms with Crippen molar-refractivity contribution in [2.75, 3.05) is 32.9 Å². The van der Waals surface area contributed by atoms with Crippen LogP contribution < -0.4 is 10.6 Å². The third kappa shape index (κ3) is 9.39. The van der Waals surface area contributed by atoms with Crippen molar-refractivity contribution in [3.63, 3.8) is 0 Å². The Hall–Kier alpha value is -0.660. The monoisotopic (exact) mass is 522 g/mol. The number of ether oxygens (including phenoxy) is 2. The van der Waals surface area contributed by atoms with E-state index in [4.69, 9.17) is 9.47 Å². The molecule has 1 aromatic rings. The van der Waals surface area contributed by atoms with Crippen LogP contribution in [0.2, 0.25) is 0 Å². The standard InChI is InChI=1S/C16H25F3N4O2S.HI/c1-2-20-15(21-6-4-7-24-10-12-5-3-8-25-12)22-9-14-23-13(11-26-14)16(17,18)19;/h11-12H,2-10H2,1H3,(H2,20,21,22);1H. The van der Waals surface area contributed by atoms with Crippen molar-refractivity contribution in [2.45, 2.75) is 45.0 Å². The highest BCUT2D eigenvalue weighted by Gasteiger charge is 2.33. The number of nitrogens with one attached hydrogen (secondary N) is 2. The van der Waals surface area contributed by atoms with Gasteiger partial charge in [-0.1, -0.05) is 0 Å². The molecule has 11 heteroatoms. The largest absolute Gasteiger partial charge is 0.434 e. The number of alkyl halides is 3. The Morgan fingerprint density at radius 2 is 2.26 bits per heavy atom. The first-order chi connectivity index (χ1) is 12.5. The number of hydrogen-bond acceptors (Lipinski definition) is 5. The Bertz CT molecular complexity index is 566. The molecule has 0 amide bonds. The van der Waals surface area contributed by atoms with Crippen LogP contribution in [0.15, 0.2) is 10.4 Å². The van der Waals surface area contributed by atoms with Crippen LogP contribution >= 0.6 is 35.3 Å². The van der Waals surface area contributed by atoms with Gasteiger partial charge in [-0.15, -0.1) is 35.3 Å². The Labute approximate surface area is 178 Å². The van der Waals surface area contributed by atoms with Crippen LogP contribution in [0, 0.1) is 0 Å². The summed E-state index contributed by atoms with van der Waals surface area (Å²) in [6, 6.07) is 0. The summed E-state index contributed by atoms with van der Waals surface area (Å²) < 4.78 is 48.7. The van der Waals surface area contributed by atoms with Crippen LogP contribution in [0.1, 0.15) is 36.9 Å². The molecule has 0 bridgehead atoms. The molecule has 0 radical (unpaired) electrons. The lowest BCUT2D eigenvalue weighted by molar-refractivity contribution is -0.140. The minimum atomic E-state index is -4.41. The van der Waals surface area contributed by atoms with Gasteiger partial charge in [-0.05, 0) is 26.2 Å². The van der Waals surface area contributed by atoms with E-state index in [1.807, 2.05) is 6.92 Å². The summed E-state index contributed by atoms with van der Waals surface area (Å²) in [6.07, 6.45) is -1.23. The minimum Gasteiger partial charge on any atom is -0.379 e. The van der Waals surface area contributed by atoms with Gasteiger partial charge in [0.25, 0.3) is 0 Å². The van der Waals surface area contributed by atoms with Crippen molar-refractivity contribution >= 4 is 41.3 Å². The van der Waals surface area contributed by atoms with E-state index in [1.54, 1.807) is 0 Å². The van der Waals surface area contributed by atoms with Crippen molar-refractivity contribution in [3.05, 3.63) is 16.1 Å². The minimum absolute atomic E-state index is 0. The third-order valence-corrected chi connectivity index (χ3v) is 4.48. The number of thiazole rings is 1. The lowest BCUT2D eigenvalue weighted by atomic mass is 10.2. The fraction of sp³-hybridized carbons (Fsp3) is 0.750. The van der Waals surface area contributed by atoms with Crippen LogP contribution in [0.4, 0.5) is 13.2 Å². The topological polar surface area (TPSA) is 67.8 Å². The van der Waals surface area contributed by atoms with Gasteiger partial charge >= 0.3 is 6.18 Å². The summed E-state index contributed by atoms with van der Waals surface area (Å²) in [5.41, 5.74) is -0.867. The molecule has 2 heterocycles. The molecule has 0 aliphatic carbocycles. The molecule has 27 heavy (non-hydrogen) atoms. The Kier molecular flexibility index (Phi) is 11.5. The lowest BCUT2D eigenvalue weighted by Gasteiger charge is -2.12. The summed E-state index contributed by atoms with van der Waals surface area (Å²) in [5.74, 6) is 0.551. The van der Waals surface area contributed by atoms with Gasteiger partial charge in [-0.25, -0.2) is 9.98 Å². The molecule has 0 aromatic carbocycles. The van der Waals surface area contributed by atoms with Crippen molar-refractivity contribution in [3.8, 4) is 0 Å². The predicted molar refractivity (Wildman–Crippen MR) is 110 cm³/mol. The summed E-state index contributed by atoms with van der Waals surface area (Å²) in [7, 11) is 0. The van der Waals surface area contributed by atoms with Crippen LogP contribution in [-0.4, -0.2) is 50.0 Å². The molecule has 1 aliphatic rings. The maximum absolute atomic E-state index is 12.6. The lowest BCUT2D eigenvalue weighted by Crippen LogP contribution is -2.38. The van der Waals surface area contributed by atoms with Gasteiger partial charge < -0.3 is 20.1 Å². The highest BCUT2D eigenvalue weighted by molar-refractivity contribution is 14.0. The molecule has 0 spiro atoms. The van der Waals surface area contributed by atoms with E-state index in [0.29, 0.717) is 37.3 Å². The molecule has 1 aliphatic heterocycles. The number of aliphatic imine (C=N–C) groups is 1. The zero-order valence-corrected chi connectivity index (χ0v) is 18.3. The summed E-state index contributed by atoms with van der Waals surface area (Å²) in [5, 5.41) is 7.54. The quantitative estimate of drug-likeness (QED) is 0.225. The van der Waals surface area contributed by atoms with E-state index in [0.717, 1.165) is 42.6 Å². The van der Waals surface area contributed by atoms with Crippen molar-refractivity contribution < 1.29 is 22.6 Å².